The summed E-state index contributed by atoms with van der Waals surface area (Å²) in [4.78, 5) is 0. The maximum Gasteiger partial charge on any atom is 0.127 e. The third-order valence-electron chi connectivity index (χ3n) is 4.90. The molecule has 0 radical (unpaired) electrons. The minimum absolute atomic E-state index is 0.639. The van der Waals surface area contributed by atoms with Crippen LogP contribution in [0.1, 0.15) is 22.5 Å². The van der Waals surface area contributed by atoms with Crippen LogP contribution in [0.3, 0.4) is 0 Å². The lowest BCUT2D eigenvalue weighted by Gasteiger charge is -2.13. The number of anilines is 2. The van der Waals surface area contributed by atoms with Crippen LogP contribution in [-0.4, -0.2) is 19.6 Å². The average molecular weight is 372 g/mol. The van der Waals surface area contributed by atoms with Crippen LogP contribution < -0.4 is 11.5 Å². The molecule has 4 N–H and O–H groups in total. The maximum absolute atomic E-state index is 6.08. The molecule has 0 aliphatic heterocycles. The molecule has 6 heteroatoms. The molecule has 6 nitrogen and oxygen atoms in total. The first-order valence-electron chi connectivity index (χ1n) is 9.20. The number of hydrogen-bond donors (Lipinski definition) is 2. The van der Waals surface area contributed by atoms with E-state index in [2.05, 4.69) is 60.4 Å². The number of nitrogen functional groups attached to an aromatic ring is 2. The number of nitrogens with zero attached hydrogens (tertiary/aromatic N) is 4. The highest BCUT2D eigenvalue weighted by Crippen LogP contribution is 2.28. The van der Waals surface area contributed by atoms with Crippen LogP contribution in [0, 0.1) is 27.7 Å². The largest absolute Gasteiger partial charge is 0.384 e. The number of aromatic nitrogens is 4. The Morgan fingerprint density at radius 2 is 1.00 bits per heavy atom. The molecule has 2 aromatic heterocycles. The van der Waals surface area contributed by atoms with Crippen LogP contribution in [0.5, 0.6) is 0 Å². The molecule has 2 heterocycles. The third-order valence-corrected chi connectivity index (χ3v) is 4.90. The summed E-state index contributed by atoms with van der Waals surface area (Å²) in [5, 5.41) is 8.97. The summed E-state index contributed by atoms with van der Waals surface area (Å²) >= 11 is 0. The zero-order valence-corrected chi connectivity index (χ0v) is 16.6. The predicted octanol–water partition coefficient (Wildman–Crippen LogP) is 4.12. The lowest BCUT2D eigenvalue weighted by Crippen LogP contribution is -2.04. The van der Waals surface area contributed by atoms with E-state index in [0.29, 0.717) is 11.6 Å². The van der Waals surface area contributed by atoms with Gasteiger partial charge in [-0.2, -0.15) is 10.2 Å². The van der Waals surface area contributed by atoms with Crippen molar-refractivity contribution in [2.75, 3.05) is 11.5 Å². The molecule has 0 spiro atoms. The van der Waals surface area contributed by atoms with E-state index in [1.807, 2.05) is 26.0 Å². The summed E-state index contributed by atoms with van der Waals surface area (Å²) in [6, 6.07) is 16.4. The van der Waals surface area contributed by atoms with Gasteiger partial charge in [0.15, 0.2) is 0 Å². The van der Waals surface area contributed by atoms with Crippen LogP contribution in [0.2, 0.25) is 0 Å². The quantitative estimate of drug-likeness (QED) is 0.566. The molecule has 0 saturated heterocycles. The monoisotopic (exact) mass is 372 g/mol. The topological polar surface area (TPSA) is 87.7 Å². The van der Waals surface area contributed by atoms with Gasteiger partial charge in [-0.3, -0.25) is 0 Å². The third kappa shape index (κ3) is 3.03. The second-order valence-corrected chi connectivity index (χ2v) is 7.25. The number of nitrogens with two attached hydrogens (primary N) is 2. The Morgan fingerprint density at radius 1 is 0.607 bits per heavy atom. The Morgan fingerprint density at radius 3 is 1.29 bits per heavy atom. The van der Waals surface area contributed by atoms with E-state index in [-0.39, 0.29) is 0 Å². The van der Waals surface area contributed by atoms with Gasteiger partial charge in [0.1, 0.15) is 11.6 Å². The van der Waals surface area contributed by atoms with E-state index >= 15 is 0 Å². The molecule has 28 heavy (non-hydrogen) atoms. The zero-order valence-electron chi connectivity index (χ0n) is 16.6. The molecule has 0 atom stereocenters. The van der Waals surface area contributed by atoms with Crippen molar-refractivity contribution in [2.24, 2.45) is 0 Å². The Balaban J connectivity index is 1.72. The zero-order chi connectivity index (χ0) is 20.0. The van der Waals surface area contributed by atoms with E-state index < -0.39 is 0 Å². The molecule has 4 rings (SSSR count). The van der Waals surface area contributed by atoms with E-state index in [1.165, 1.54) is 0 Å². The Hall–Kier alpha value is -3.54. The molecule has 4 aromatic rings. The van der Waals surface area contributed by atoms with Crippen molar-refractivity contribution in [1.82, 2.24) is 19.6 Å². The molecule has 0 amide bonds. The van der Waals surface area contributed by atoms with Gasteiger partial charge in [0.05, 0.1) is 22.8 Å². The molecule has 2 aromatic carbocycles. The molecular formula is C22H24N6. The Labute approximate surface area is 164 Å². The molecule has 0 unspecified atom stereocenters. The van der Waals surface area contributed by atoms with Gasteiger partial charge in [-0.15, -0.1) is 0 Å². The van der Waals surface area contributed by atoms with Crippen LogP contribution >= 0.6 is 0 Å². The van der Waals surface area contributed by atoms with Gasteiger partial charge in [0, 0.05) is 12.1 Å². The fraction of sp³-hybridized carbons (Fsp3) is 0.182. The fourth-order valence-corrected chi connectivity index (χ4v) is 3.57. The van der Waals surface area contributed by atoms with Crippen molar-refractivity contribution in [3.05, 3.63) is 71.0 Å². The second kappa shape index (κ2) is 6.56. The summed E-state index contributed by atoms with van der Waals surface area (Å²) in [6.45, 7) is 8.02. The Kier molecular flexibility index (Phi) is 4.19. The molecule has 0 saturated carbocycles. The molecule has 0 fully saturated rings. The first-order chi connectivity index (χ1) is 13.3. The normalized spacial score (nSPS) is 11.1. The molecule has 0 aliphatic rings. The van der Waals surface area contributed by atoms with Crippen molar-refractivity contribution in [2.45, 2.75) is 27.7 Å². The van der Waals surface area contributed by atoms with Crippen molar-refractivity contribution in [1.29, 1.82) is 0 Å². The van der Waals surface area contributed by atoms with Crippen molar-refractivity contribution in [3.8, 4) is 22.5 Å². The SMILES string of the molecule is Cc1cc(N)n(-c2ccc(-c3ccc(-n4nc(C)cc4N)c(C)c3)cc2C)n1. The Bertz CT molecular complexity index is 1090. The molecule has 0 aliphatic carbocycles. The summed E-state index contributed by atoms with van der Waals surface area (Å²) in [6.07, 6.45) is 0. The lowest BCUT2D eigenvalue weighted by atomic mass is 10.00. The number of hydrogen-bond acceptors (Lipinski definition) is 4. The van der Waals surface area contributed by atoms with Crippen molar-refractivity contribution < 1.29 is 0 Å². The first kappa shape index (κ1) is 17.9. The van der Waals surface area contributed by atoms with E-state index in [1.54, 1.807) is 9.36 Å². The average Bonchev–Trinajstić information content (AvgIpc) is 3.15. The standard InChI is InChI=1S/C22H24N6/c1-13-9-17(5-7-19(13)27-21(23)11-15(3)25-27)18-6-8-20(14(2)10-18)28-22(24)12-16(4)26-28/h5-12H,23-24H2,1-4H3. The minimum atomic E-state index is 0.639. The highest BCUT2D eigenvalue weighted by molar-refractivity contribution is 5.69. The number of benzene rings is 2. The van der Waals surface area contributed by atoms with E-state index in [4.69, 9.17) is 11.5 Å². The molecular weight excluding hydrogens is 348 g/mol. The predicted molar refractivity (Wildman–Crippen MR) is 114 cm³/mol. The second-order valence-electron chi connectivity index (χ2n) is 7.25. The number of aryl methyl sites for hydroxylation is 4. The van der Waals surface area contributed by atoms with Gasteiger partial charge in [-0.05, 0) is 74.2 Å². The fourth-order valence-electron chi connectivity index (χ4n) is 3.57. The minimum Gasteiger partial charge on any atom is -0.384 e. The lowest BCUT2D eigenvalue weighted by molar-refractivity contribution is 0.864. The summed E-state index contributed by atoms with van der Waals surface area (Å²) < 4.78 is 3.57. The van der Waals surface area contributed by atoms with E-state index in [9.17, 15) is 0 Å². The van der Waals surface area contributed by atoms with Crippen molar-refractivity contribution in [3.63, 3.8) is 0 Å². The van der Waals surface area contributed by atoms with Crippen LogP contribution in [0.25, 0.3) is 22.5 Å². The van der Waals surface area contributed by atoms with E-state index in [0.717, 1.165) is 45.0 Å². The number of rotatable bonds is 3. The van der Waals surface area contributed by atoms with Gasteiger partial charge in [0.25, 0.3) is 0 Å². The first-order valence-corrected chi connectivity index (χ1v) is 9.20. The van der Waals surface area contributed by atoms with Gasteiger partial charge >= 0.3 is 0 Å². The summed E-state index contributed by atoms with van der Waals surface area (Å²) in [5.74, 6) is 1.28. The van der Waals surface area contributed by atoms with Gasteiger partial charge in [-0.1, -0.05) is 12.1 Å². The van der Waals surface area contributed by atoms with Gasteiger partial charge in [0.2, 0.25) is 0 Å². The smallest absolute Gasteiger partial charge is 0.127 e. The maximum atomic E-state index is 6.08. The highest BCUT2D eigenvalue weighted by Gasteiger charge is 2.11. The molecule has 0 bridgehead atoms. The van der Waals surface area contributed by atoms with Crippen LogP contribution in [0.4, 0.5) is 11.6 Å². The summed E-state index contributed by atoms with van der Waals surface area (Å²) in [5.41, 5.74) is 20.4. The highest BCUT2D eigenvalue weighted by atomic mass is 15.3. The summed E-state index contributed by atoms with van der Waals surface area (Å²) in [7, 11) is 0. The molecule has 142 valence electrons. The van der Waals surface area contributed by atoms with Gasteiger partial charge < -0.3 is 11.5 Å². The van der Waals surface area contributed by atoms with Crippen LogP contribution in [0.15, 0.2) is 48.5 Å². The van der Waals surface area contributed by atoms with Crippen LogP contribution in [-0.2, 0) is 0 Å². The van der Waals surface area contributed by atoms with Crippen molar-refractivity contribution >= 4 is 11.6 Å². The van der Waals surface area contributed by atoms with Gasteiger partial charge in [-0.25, -0.2) is 9.36 Å².